The predicted octanol–water partition coefficient (Wildman–Crippen LogP) is 8.53. The summed E-state index contributed by atoms with van der Waals surface area (Å²) in [4.78, 5) is 36.2. The van der Waals surface area contributed by atoms with Crippen LogP contribution in [0.15, 0.2) is 85.5 Å². The zero-order valence-electron chi connectivity index (χ0n) is 26.2. The molecule has 3 rings (SSSR count). The number of unbranched alkanes of at least 4 members (excludes halogenated alkanes) is 8. The third-order valence-corrected chi connectivity index (χ3v) is 6.91. The van der Waals surface area contributed by atoms with E-state index in [1.54, 1.807) is 72.8 Å². The maximum Gasteiger partial charge on any atom is 0.343 e. The van der Waals surface area contributed by atoms with E-state index in [0.29, 0.717) is 48.2 Å². The van der Waals surface area contributed by atoms with E-state index in [1.807, 2.05) is 0 Å². The Morgan fingerprint density at radius 1 is 0.533 bits per heavy atom. The van der Waals surface area contributed by atoms with Gasteiger partial charge in [0.05, 0.1) is 30.9 Å². The van der Waals surface area contributed by atoms with Crippen LogP contribution >= 0.6 is 0 Å². The molecule has 3 aromatic carbocycles. The lowest BCUT2D eigenvalue weighted by Crippen LogP contribution is -2.09. The number of ether oxygens (including phenoxy) is 5. The Labute approximate surface area is 266 Å². The van der Waals surface area contributed by atoms with Crippen LogP contribution < -0.4 is 18.9 Å². The van der Waals surface area contributed by atoms with E-state index in [-0.39, 0.29) is 0 Å². The second kappa shape index (κ2) is 20.4. The summed E-state index contributed by atoms with van der Waals surface area (Å²) in [6.07, 6.45) is 11.9. The van der Waals surface area contributed by atoms with Gasteiger partial charge in [0.25, 0.3) is 0 Å². The average molecular weight is 617 g/mol. The van der Waals surface area contributed by atoms with Crippen LogP contribution in [0.1, 0.15) is 91.8 Å². The lowest BCUT2D eigenvalue weighted by Gasteiger charge is -2.09. The van der Waals surface area contributed by atoms with Crippen LogP contribution in [0.4, 0.5) is 0 Å². The molecule has 0 amide bonds. The summed E-state index contributed by atoms with van der Waals surface area (Å²) in [7, 11) is 0. The van der Waals surface area contributed by atoms with E-state index < -0.39 is 17.9 Å². The molecule has 0 unspecified atom stereocenters. The molecule has 8 nitrogen and oxygen atoms in total. The van der Waals surface area contributed by atoms with Gasteiger partial charge in [-0.05, 0) is 105 Å². The minimum absolute atomic E-state index is 0.325. The van der Waals surface area contributed by atoms with Gasteiger partial charge in [0.2, 0.25) is 0 Å². The lowest BCUT2D eigenvalue weighted by molar-refractivity contribution is -0.137. The van der Waals surface area contributed by atoms with Crippen molar-refractivity contribution in [1.82, 2.24) is 0 Å². The van der Waals surface area contributed by atoms with Crippen LogP contribution in [0, 0.1) is 0 Å². The maximum atomic E-state index is 12.6. The molecule has 0 spiro atoms. The normalized spacial score (nSPS) is 10.5. The van der Waals surface area contributed by atoms with E-state index in [2.05, 4.69) is 13.5 Å². The molecule has 0 bridgehead atoms. The van der Waals surface area contributed by atoms with Crippen molar-refractivity contribution < 1.29 is 38.1 Å². The van der Waals surface area contributed by atoms with Crippen molar-refractivity contribution in [2.24, 2.45) is 0 Å². The summed E-state index contributed by atoms with van der Waals surface area (Å²) in [6, 6.07) is 19.9. The van der Waals surface area contributed by atoms with Gasteiger partial charge in [-0.2, -0.15) is 0 Å². The second-order valence-corrected chi connectivity index (χ2v) is 10.5. The van der Waals surface area contributed by atoms with Gasteiger partial charge in [0.1, 0.15) is 23.0 Å². The number of carbonyl (C=O) groups is 3. The zero-order valence-corrected chi connectivity index (χ0v) is 26.2. The van der Waals surface area contributed by atoms with Crippen molar-refractivity contribution in [3.05, 3.63) is 96.6 Å². The highest BCUT2D eigenvalue weighted by molar-refractivity contribution is 5.92. The smallest absolute Gasteiger partial charge is 0.343 e. The van der Waals surface area contributed by atoms with Gasteiger partial charge >= 0.3 is 17.9 Å². The first kappa shape index (κ1) is 34.9. The summed E-state index contributed by atoms with van der Waals surface area (Å²) >= 11 is 0. The summed E-state index contributed by atoms with van der Waals surface area (Å²) in [5, 5.41) is 0. The Morgan fingerprint density at radius 2 is 0.911 bits per heavy atom. The number of rotatable bonds is 21. The fourth-order valence-corrected chi connectivity index (χ4v) is 4.33. The molecular formula is C37H44O8. The number of hydrogen-bond donors (Lipinski definition) is 0. The number of esters is 3. The first-order valence-corrected chi connectivity index (χ1v) is 15.8. The van der Waals surface area contributed by atoms with Crippen molar-refractivity contribution in [2.75, 3.05) is 19.8 Å². The van der Waals surface area contributed by atoms with Gasteiger partial charge in [-0.15, -0.1) is 0 Å². The monoisotopic (exact) mass is 616 g/mol. The van der Waals surface area contributed by atoms with E-state index in [0.717, 1.165) is 50.4 Å². The van der Waals surface area contributed by atoms with Gasteiger partial charge in [-0.1, -0.05) is 45.6 Å². The first-order chi connectivity index (χ1) is 22.0. The molecule has 0 radical (unpaired) electrons. The van der Waals surface area contributed by atoms with Crippen LogP contribution in [0.2, 0.25) is 0 Å². The van der Waals surface area contributed by atoms with E-state index in [4.69, 9.17) is 23.7 Å². The first-order valence-electron chi connectivity index (χ1n) is 15.8. The fourth-order valence-electron chi connectivity index (χ4n) is 4.33. The van der Waals surface area contributed by atoms with Crippen molar-refractivity contribution in [3.8, 4) is 23.0 Å². The Hall–Kier alpha value is -4.59. The SMILES string of the molecule is C=CC(=O)OCCCCCCOc1ccc(C(=O)Oc2ccc(OC(=O)c3ccc(OCCCCCCCC)cc3)cc2)cc1. The summed E-state index contributed by atoms with van der Waals surface area (Å²) in [5.41, 5.74) is 0.792. The second-order valence-electron chi connectivity index (χ2n) is 10.5. The van der Waals surface area contributed by atoms with Gasteiger partial charge in [0.15, 0.2) is 0 Å². The number of hydrogen-bond acceptors (Lipinski definition) is 8. The van der Waals surface area contributed by atoms with Crippen molar-refractivity contribution in [2.45, 2.75) is 71.1 Å². The van der Waals surface area contributed by atoms with Crippen LogP contribution in [-0.4, -0.2) is 37.7 Å². The number of carbonyl (C=O) groups excluding carboxylic acids is 3. The van der Waals surface area contributed by atoms with Crippen molar-refractivity contribution in [3.63, 3.8) is 0 Å². The summed E-state index contributed by atoms with van der Waals surface area (Å²) in [5.74, 6) is 0.643. The molecule has 0 N–H and O–H groups in total. The highest BCUT2D eigenvalue weighted by Crippen LogP contribution is 2.22. The van der Waals surface area contributed by atoms with E-state index in [9.17, 15) is 14.4 Å². The Kier molecular flexibility index (Phi) is 15.8. The fraction of sp³-hybridized carbons (Fsp3) is 0.378. The highest BCUT2D eigenvalue weighted by Gasteiger charge is 2.12. The zero-order chi connectivity index (χ0) is 32.1. The topological polar surface area (TPSA) is 97.4 Å². The van der Waals surface area contributed by atoms with Gasteiger partial charge in [-0.25, -0.2) is 14.4 Å². The molecule has 45 heavy (non-hydrogen) atoms. The van der Waals surface area contributed by atoms with Crippen LogP contribution in [-0.2, 0) is 9.53 Å². The molecule has 0 aliphatic carbocycles. The van der Waals surface area contributed by atoms with Crippen LogP contribution in [0.5, 0.6) is 23.0 Å². The highest BCUT2D eigenvalue weighted by atomic mass is 16.5. The molecule has 8 heteroatoms. The Balaban J connectivity index is 1.34. The molecule has 0 saturated heterocycles. The Bertz CT molecular complexity index is 1310. The lowest BCUT2D eigenvalue weighted by atomic mass is 10.1. The Morgan fingerprint density at radius 3 is 1.33 bits per heavy atom. The molecule has 0 heterocycles. The molecule has 3 aromatic rings. The molecule has 0 aliphatic heterocycles. The molecule has 0 saturated carbocycles. The standard InChI is InChI=1S/C37H44O8/c1-3-5-6-7-8-11-26-41-31-18-14-29(15-19-31)36(39)44-33-22-24-34(25-23-33)45-37(40)30-16-20-32(21-17-30)42-27-12-9-10-13-28-43-35(38)4-2/h4,14-25H,2-3,5-13,26-28H2,1H3. The predicted molar refractivity (Wildman–Crippen MR) is 173 cm³/mol. The maximum absolute atomic E-state index is 12.6. The van der Waals surface area contributed by atoms with Crippen LogP contribution in [0.25, 0.3) is 0 Å². The molecule has 0 fully saturated rings. The van der Waals surface area contributed by atoms with Gasteiger partial charge < -0.3 is 23.7 Å². The third-order valence-electron chi connectivity index (χ3n) is 6.91. The minimum Gasteiger partial charge on any atom is -0.494 e. The number of benzene rings is 3. The van der Waals surface area contributed by atoms with Crippen molar-refractivity contribution in [1.29, 1.82) is 0 Å². The largest absolute Gasteiger partial charge is 0.494 e. The molecule has 0 aromatic heterocycles. The quantitative estimate of drug-likeness (QED) is 0.0508. The molecule has 0 atom stereocenters. The van der Waals surface area contributed by atoms with Crippen LogP contribution in [0.3, 0.4) is 0 Å². The minimum atomic E-state index is -0.512. The van der Waals surface area contributed by atoms with Crippen molar-refractivity contribution >= 4 is 17.9 Å². The van der Waals surface area contributed by atoms with E-state index in [1.165, 1.54) is 25.7 Å². The molecular weight excluding hydrogens is 572 g/mol. The average Bonchev–Trinajstić information content (AvgIpc) is 3.06. The van der Waals surface area contributed by atoms with E-state index >= 15 is 0 Å². The summed E-state index contributed by atoms with van der Waals surface area (Å²) < 4.78 is 27.4. The third kappa shape index (κ3) is 13.7. The van der Waals surface area contributed by atoms with Gasteiger partial charge in [0, 0.05) is 6.08 Å². The summed E-state index contributed by atoms with van der Waals surface area (Å²) in [6.45, 7) is 7.17. The molecule has 0 aliphatic rings. The van der Waals surface area contributed by atoms with Gasteiger partial charge in [-0.3, -0.25) is 0 Å². The molecule has 240 valence electrons.